The summed E-state index contributed by atoms with van der Waals surface area (Å²) in [5.74, 6) is -0.0503. The van der Waals surface area contributed by atoms with Crippen molar-refractivity contribution in [1.29, 1.82) is 0 Å². The highest BCUT2D eigenvalue weighted by Gasteiger charge is 2.15. The van der Waals surface area contributed by atoms with Gasteiger partial charge in [-0.05, 0) is 41.1 Å². The van der Waals surface area contributed by atoms with Gasteiger partial charge in [0.05, 0.1) is 12.1 Å². The summed E-state index contributed by atoms with van der Waals surface area (Å²) < 4.78 is 1.04. The van der Waals surface area contributed by atoms with E-state index in [4.69, 9.17) is 5.73 Å². The summed E-state index contributed by atoms with van der Waals surface area (Å²) in [6.45, 7) is 2.54. The van der Waals surface area contributed by atoms with Crippen LogP contribution in [0.1, 0.15) is 20.8 Å². The van der Waals surface area contributed by atoms with Gasteiger partial charge in [0.1, 0.15) is 0 Å². The van der Waals surface area contributed by atoms with Gasteiger partial charge < -0.3 is 10.6 Å². The molecule has 2 N–H and O–H groups in total. The Morgan fingerprint density at radius 1 is 1.42 bits per heavy atom. The Balaban J connectivity index is 2.16. The van der Waals surface area contributed by atoms with E-state index in [0.717, 1.165) is 14.9 Å². The molecule has 1 amide bonds. The maximum atomic E-state index is 12.4. The van der Waals surface area contributed by atoms with Gasteiger partial charge in [0, 0.05) is 27.5 Å². The molecule has 0 aliphatic rings. The van der Waals surface area contributed by atoms with Gasteiger partial charge in [-0.15, -0.1) is 11.3 Å². The summed E-state index contributed by atoms with van der Waals surface area (Å²) in [4.78, 5) is 15.2. The number of nitrogens with two attached hydrogens (primary N) is 1. The first-order valence-corrected chi connectivity index (χ1v) is 7.49. The van der Waals surface area contributed by atoms with Crippen molar-refractivity contribution in [2.75, 3.05) is 12.8 Å². The third-order valence-corrected chi connectivity index (χ3v) is 4.48. The van der Waals surface area contributed by atoms with E-state index in [1.54, 1.807) is 29.4 Å². The van der Waals surface area contributed by atoms with E-state index in [9.17, 15) is 4.79 Å². The van der Waals surface area contributed by atoms with Crippen LogP contribution in [-0.4, -0.2) is 17.9 Å². The number of hydrogen-bond donors (Lipinski definition) is 1. The minimum Gasteiger partial charge on any atom is -0.398 e. The molecule has 0 bridgehead atoms. The number of carbonyl (C=O) groups is 1. The molecule has 1 heterocycles. The minimum atomic E-state index is -0.0503. The summed E-state index contributed by atoms with van der Waals surface area (Å²) >= 11 is 5.04. The third kappa shape index (κ3) is 3.36. The fourth-order valence-electron chi connectivity index (χ4n) is 1.80. The summed E-state index contributed by atoms with van der Waals surface area (Å²) in [5, 5.41) is 2.01. The first-order valence-electron chi connectivity index (χ1n) is 5.82. The van der Waals surface area contributed by atoms with Crippen molar-refractivity contribution >= 4 is 38.9 Å². The van der Waals surface area contributed by atoms with Crippen molar-refractivity contribution in [2.45, 2.75) is 13.5 Å². The van der Waals surface area contributed by atoms with Crippen LogP contribution in [0.5, 0.6) is 0 Å². The maximum absolute atomic E-state index is 12.4. The van der Waals surface area contributed by atoms with Crippen LogP contribution in [-0.2, 0) is 6.54 Å². The van der Waals surface area contributed by atoms with Gasteiger partial charge in [0.25, 0.3) is 5.91 Å². The molecule has 0 fully saturated rings. The monoisotopic (exact) mass is 338 g/mol. The quantitative estimate of drug-likeness (QED) is 0.868. The summed E-state index contributed by atoms with van der Waals surface area (Å²) in [6.07, 6.45) is 0. The van der Waals surface area contributed by atoms with Crippen molar-refractivity contribution in [3.8, 4) is 0 Å². The van der Waals surface area contributed by atoms with Crippen LogP contribution < -0.4 is 5.73 Å². The second kappa shape index (κ2) is 5.75. The Hall–Kier alpha value is -1.33. The fraction of sp³-hybridized carbons (Fsp3) is 0.214. The van der Waals surface area contributed by atoms with Crippen LogP contribution >= 0.6 is 27.3 Å². The number of carbonyl (C=O) groups excluding carboxylic acids is 1. The Morgan fingerprint density at radius 3 is 2.79 bits per heavy atom. The SMILES string of the molecule is Cc1ccc(N)c(C(=O)N(C)Cc2cc(Br)cs2)c1. The van der Waals surface area contributed by atoms with E-state index in [0.29, 0.717) is 17.8 Å². The molecule has 19 heavy (non-hydrogen) atoms. The zero-order valence-electron chi connectivity index (χ0n) is 10.8. The van der Waals surface area contributed by atoms with Crippen LogP contribution in [0.4, 0.5) is 5.69 Å². The summed E-state index contributed by atoms with van der Waals surface area (Å²) in [6, 6.07) is 7.53. The molecule has 0 aliphatic carbocycles. The van der Waals surface area contributed by atoms with Crippen molar-refractivity contribution in [3.63, 3.8) is 0 Å². The maximum Gasteiger partial charge on any atom is 0.256 e. The van der Waals surface area contributed by atoms with E-state index >= 15 is 0 Å². The Bertz CT molecular complexity index is 609. The zero-order valence-corrected chi connectivity index (χ0v) is 13.2. The first kappa shape index (κ1) is 14.1. The molecule has 3 nitrogen and oxygen atoms in total. The molecule has 0 radical (unpaired) electrons. The standard InChI is InChI=1S/C14H15BrN2OS/c1-9-3-4-13(16)12(5-9)14(18)17(2)7-11-6-10(15)8-19-11/h3-6,8H,7,16H2,1-2H3. The summed E-state index contributed by atoms with van der Waals surface area (Å²) in [5.41, 5.74) is 8.00. The molecule has 1 aromatic heterocycles. The van der Waals surface area contributed by atoms with E-state index < -0.39 is 0 Å². The number of nitrogen functional groups attached to an aromatic ring is 1. The highest BCUT2D eigenvalue weighted by atomic mass is 79.9. The van der Waals surface area contributed by atoms with Gasteiger partial charge in [-0.3, -0.25) is 4.79 Å². The van der Waals surface area contributed by atoms with Crippen molar-refractivity contribution in [1.82, 2.24) is 4.90 Å². The summed E-state index contributed by atoms with van der Waals surface area (Å²) in [7, 11) is 1.79. The number of benzene rings is 1. The van der Waals surface area contributed by atoms with Gasteiger partial charge in [-0.2, -0.15) is 0 Å². The predicted octanol–water partition coefficient (Wildman–Crippen LogP) is 3.67. The van der Waals surface area contributed by atoms with Crippen molar-refractivity contribution < 1.29 is 4.79 Å². The average molecular weight is 339 g/mol. The molecule has 5 heteroatoms. The minimum absolute atomic E-state index is 0.0503. The molecule has 2 aromatic rings. The number of thiophene rings is 1. The highest BCUT2D eigenvalue weighted by Crippen LogP contribution is 2.22. The van der Waals surface area contributed by atoms with Gasteiger partial charge >= 0.3 is 0 Å². The molecule has 0 aliphatic heterocycles. The second-order valence-corrected chi connectivity index (χ2v) is 6.39. The number of rotatable bonds is 3. The largest absolute Gasteiger partial charge is 0.398 e. The predicted molar refractivity (Wildman–Crippen MR) is 83.4 cm³/mol. The number of anilines is 1. The van der Waals surface area contributed by atoms with Gasteiger partial charge in [-0.25, -0.2) is 0 Å². The highest BCUT2D eigenvalue weighted by molar-refractivity contribution is 9.10. The zero-order chi connectivity index (χ0) is 14.0. The molecule has 100 valence electrons. The Morgan fingerprint density at radius 2 is 2.16 bits per heavy atom. The van der Waals surface area contributed by atoms with Crippen molar-refractivity contribution in [2.24, 2.45) is 0 Å². The van der Waals surface area contributed by atoms with Gasteiger partial charge in [0.2, 0.25) is 0 Å². The van der Waals surface area contributed by atoms with Crippen LogP contribution in [0.15, 0.2) is 34.1 Å². The smallest absolute Gasteiger partial charge is 0.256 e. The van der Waals surface area contributed by atoms with Crippen LogP contribution in [0.25, 0.3) is 0 Å². The van der Waals surface area contributed by atoms with Crippen LogP contribution in [0.3, 0.4) is 0 Å². The number of nitrogens with zero attached hydrogens (tertiary/aromatic N) is 1. The molecular formula is C14H15BrN2OS. The van der Waals surface area contributed by atoms with Gasteiger partial charge in [-0.1, -0.05) is 11.6 Å². The lowest BCUT2D eigenvalue weighted by molar-refractivity contribution is 0.0787. The lowest BCUT2D eigenvalue weighted by atomic mass is 10.1. The van der Waals surface area contributed by atoms with Gasteiger partial charge in [0.15, 0.2) is 0 Å². The van der Waals surface area contributed by atoms with Crippen LogP contribution in [0.2, 0.25) is 0 Å². The Kier molecular flexibility index (Phi) is 4.27. The molecule has 0 spiro atoms. The number of hydrogen-bond acceptors (Lipinski definition) is 3. The van der Waals surface area contributed by atoms with Crippen molar-refractivity contribution in [3.05, 3.63) is 50.1 Å². The average Bonchev–Trinajstić information content (AvgIpc) is 2.77. The first-order chi connectivity index (χ1) is 8.97. The normalized spacial score (nSPS) is 10.5. The molecule has 1 aromatic carbocycles. The van der Waals surface area contributed by atoms with E-state index in [1.165, 1.54) is 0 Å². The number of halogens is 1. The molecule has 0 atom stereocenters. The molecular weight excluding hydrogens is 324 g/mol. The molecule has 2 rings (SSSR count). The second-order valence-electron chi connectivity index (χ2n) is 4.48. The topological polar surface area (TPSA) is 46.3 Å². The number of aryl methyl sites for hydroxylation is 1. The van der Waals surface area contributed by atoms with Crippen LogP contribution in [0, 0.1) is 6.92 Å². The Labute approximate surface area is 125 Å². The molecule has 0 saturated carbocycles. The lowest BCUT2D eigenvalue weighted by Gasteiger charge is -2.17. The number of amides is 1. The lowest BCUT2D eigenvalue weighted by Crippen LogP contribution is -2.26. The molecule has 0 unspecified atom stereocenters. The van der Waals surface area contributed by atoms with E-state index in [2.05, 4.69) is 15.9 Å². The van der Waals surface area contributed by atoms with E-state index in [-0.39, 0.29) is 5.91 Å². The molecule has 0 saturated heterocycles. The van der Waals surface area contributed by atoms with E-state index in [1.807, 2.05) is 30.5 Å². The fourth-order valence-corrected chi connectivity index (χ4v) is 3.31. The third-order valence-electron chi connectivity index (χ3n) is 2.80.